The maximum absolute atomic E-state index is 12.7. The molecule has 0 saturated carbocycles. The van der Waals surface area contributed by atoms with Gasteiger partial charge in [0.2, 0.25) is 0 Å². The Hall–Kier alpha value is -4.33. The third kappa shape index (κ3) is 3.78. The number of carbonyl (C=O) groups excluding carboxylic acids is 1. The van der Waals surface area contributed by atoms with E-state index in [4.69, 9.17) is 0 Å². The van der Waals surface area contributed by atoms with Crippen LogP contribution >= 0.6 is 0 Å². The Morgan fingerprint density at radius 1 is 0.968 bits per heavy atom. The summed E-state index contributed by atoms with van der Waals surface area (Å²) in [6, 6.07) is 22.9. The van der Waals surface area contributed by atoms with Crippen molar-refractivity contribution >= 4 is 22.6 Å². The lowest BCUT2D eigenvalue weighted by molar-refractivity contribution is 0.102. The smallest absolute Gasteiger partial charge is 0.255 e. The van der Waals surface area contributed by atoms with Gasteiger partial charge in [-0.15, -0.1) is 15.3 Å². The number of carbonyl (C=O) groups is 1. The fourth-order valence-corrected chi connectivity index (χ4v) is 3.45. The van der Waals surface area contributed by atoms with E-state index in [2.05, 4.69) is 25.8 Å². The molecule has 5 rings (SSSR count). The van der Waals surface area contributed by atoms with E-state index in [1.165, 1.54) is 0 Å². The van der Waals surface area contributed by atoms with Gasteiger partial charge in [-0.3, -0.25) is 4.79 Å². The maximum atomic E-state index is 12.7. The molecule has 0 aliphatic heterocycles. The lowest BCUT2D eigenvalue weighted by atomic mass is 10.1. The van der Waals surface area contributed by atoms with Crippen molar-refractivity contribution in [3.8, 4) is 11.4 Å². The zero-order valence-corrected chi connectivity index (χ0v) is 16.8. The van der Waals surface area contributed by atoms with Gasteiger partial charge in [0.1, 0.15) is 11.8 Å². The van der Waals surface area contributed by atoms with Crippen LogP contribution in [0.4, 0.5) is 5.69 Å². The van der Waals surface area contributed by atoms with E-state index in [9.17, 15) is 4.79 Å². The quantitative estimate of drug-likeness (QED) is 0.480. The fraction of sp³-hybridized carbons (Fsp3) is 0.0870. The standard InChI is InChI=1S/C23H19N7O/c1-29-15-24-27-22(29)18-5-4-6-19(13-18)25-23(31)17-11-9-16(10-12-17)14-30-21-8-3-2-7-20(21)26-28-30/h2-13,15H,14H2,1H3,(H,25,31). The van der Waals surface area contributed by atoms with Crippen LogP contribution in [0.5, 0.6) is 0 Å². The number of amides is 1. The van der Waals surface area contributed by atoms with Crippen LogP contribution in [0.2, 0.25) is 0 Å². The predicted octanol–water partition coefficient (Wildman–Crippen LogP) is 3.53. The van der Waals surface area contributed by atoms with Crippen molar-refractivity contribution in [3.63, 3.8) is 0 Å². The Morgan fingerprint density at radius 2 is 1.81 bits per heavy atom. The molecular formula is C23H19N7O. The van der Waals surface area contributed by atoms with E-state index in [1.54, 1.807) is 6.33 Å². The van der Waals surface area contributed by atoms with Crippen LogP contribution in [0.25, 0.3) is 22.4 Å². The summed E-state index contributed by atoms with van der Waals surface area (Å²) in [6.07, 6.45) is 1.64. The van der Waals surface area contributed by atoms with Gasteiger partial charge in [0, 0.05) is 23.9 Å². The monoisotopic (exact) mass is 409 g/mol. The molecule has 152 valence electrons. The number of fused-ring (bicyclic) bond motifs is 1. The zero-order chi connectivity index (χ0) is 21.2. The minimum atomic E-state index is -0.173. The fourth-order valence-electron chi connectivity index (χ4n) is 3.45. The summed E-state index contributed by atoms with van der Waals surface area (Å²) < 4.78 is 3.68. The Balaban J connectivity index is 1.30. The average Bonchev–Trinajstić information content (AvgIpc) is 3.41. The zero-order valence-electron chi connectivity index (χ0n) is 16.8. The molecule has 8 heteroatoms. The summed E-state index contributed by atoms with van der Waals surface area (Å²) >= 11 is 0. The molecule has 5 aromatic rings. The summed E-state index contributed by atoms with van der Waals surface area (Å²) in [6.45, 7) is 0.585. The van der Waals surface area contributed by atoms with Crippen LogP contribution < -0.4 is 5.32 Å². The van der Waals surface area contributed by atoms with E-state index >= 15 is 0 Å². The average molecular weight is 409 g/mol. The van der Waals surface area contributed by atoms with Gasteiger partial charge in [-0.25, -0.2) is 4.68 Å². The molecule has 2 aromatic heterocycles. The van der Waals surface area contributed by atoms with Crippen LogP contribution in [-0.2, 0) is 13.6 Å². The van der Waals surface area contributed by atoms with Gasteiger partial charge in [0.05, 0.1) is 12.1 Å². The van der Waals surface area contributed by atoms with E-state index in [-0.39, 0.29) is 5.91 Å². The number of para-hydroxylation sites is 1. The second kappa shape index (κ2) is 7.83. The molecule has 31 heavy (non-hydrogen) atoms. The van der Waals surface area contributed by atoms with Gasteiger partial charge < -0.3 is 9.88 Å². The summed E-state index contributed by atoms with van der Waals surface area (Å²) in [5.41, 5.74) is 5.04. The van der Waals surface area contributed by atoms with Gasteiger partial charge in [-0.1, -0.05) is 41.6 Å². The van der Waals surface area contributed by atoms with E-state index in [0.717, 1.165) is 28.0 Å². The Kier molecular flexibility index (Phi) is 4.72. The van der Waals surface area contributed by atoms with E-state index < -0.39 is 0 Å². The molecular weight excluding hydrogens is 390 g/mol. The van der Waals surface area contributed by atoms with Gasteiger partial charge in [-0.2, -0.15) is 0 Å². The molecule has 0 spiro atoms. The summed E-state index contributed by atoms with van der Waals surface area (Å²) in [4.78, 5) is 12.7. The molecule has 1 amide bonds. The lowest BCUT2D eigenvalue weighted by Gasteiger charge is -2.08. The van der Waals surface area contributed by atoms with Crippen LogP contribution in [0, 0.1) is 0 Å². The highest BCUT2D eigenvalue weighted by Gasteiger charge is 2.10. The summed E-state index contributed by atoms with van der Waals surface area (Å²) in [5.74, 6) is 0.564. The molecule has 3 aromatic carbocycles. The number of aromatic nitrogens is 6. The van der Waals surface area contributed by atoms with Gasteiger partial charge >= 0.3 is 0 Å². The summed E-state index contributed by atoms with van der Waals surface area (Å²) in [7, 11) is 1.88. The van der Waals surface area contributed by atoms with Crippen molar-refractivity contribution in [2.45, 2.75) is 6.54 Å². The number of hydrogen-bond donors (Lipinski definition) is 1. The number of nitrogens with zero attached hydrogens (tertiary/aromatic N) is 6. The van der Waals surface area contributed by atoms with E-state index in [1.807, 2.05) is 89.1 Å². The molecule has 8 nitrogen and oxygen atoms in total. The van der Waals surface area contributed by atoms with Crippen molar-refractivity contribution in [1.29, 1.82) is 0 Å². The van der Waals surface area contributed by atoms with Crippen molar-refractivity contribution in [2.24, 2.45) is 7.05 Å². The Labute approximate surface area is 178 Å². The SMILES string of the molecule is Cn1cnnc1-c1cccc(NC(=O)c2ccc(Cn3nnc4ccccc43)cc2)c1. The minimum Gasteiger partial charge on any atom is -0.322 e. The highest BCUT2D eigenvalue weighted by atomic mass is 16.1. The van der Waals surface area contributed by atoms with Gasteiger partial charge in [0.15, 0.2) is 5.82 Å². The number of anilines is 1. The number of benzene rings is 3. The van der Waals surface area contributed by atoms with E-state index in [0.29, 0.717) is 17.8 Å². The van der Waals surface area contributed by atoms with Crippen LogP contribution in [0.1, 0.15) is 15.9 Å². The Bertz CT molecular complexity index is 1370. The molecule has 0 atom stereocenters. The molecule has 0 bridgehead atoms. The first-order chi connectivity index (χ1) is 15.2. The molecule has 0 fully saturated rings. The van der Waals surface area contributed by atoms with Gasteiger partial charge in [-0.05, 0) is 42.0 Å². The van der Waals surface area contributed by atoms with Crippen molar-refractivity contribution in [1.82, 2.24) is 29.8 Å². The van der Waals surface area contributed by atoms with Gasteiger partial charge in [0.25, 0.3) is 5.91 Å². The number of nitrogens with one attached hydrogen (secondary N) is 1. The molecule has 0 saturated heterocycles. The molecule has 0 unspecified atom stereocenters. The second-order valence-corrected chi connectivity index (χ2v) is 7.23. The molecule has 0 radical (unpaired) electrons. The summed E-state index contributed by atoms with van der Waals surface area (Å²) in [5, 5.41) is 19.4. The normalized spacial score (nSPS) is 11.0. The molecule has 1 N–H and O–H groups in total. The maximum Gasteiger partial charge on any atom is 0.255 e. The first-order valence-electron chi connectivity index (χ1n) is 9.80. The van der Waals surface area contributed by atoms with Crippen molar-refractivity contribution in [3.05, 3.63) is 90.3 Å². The Morgan fingerprint density at radius 3 is 2.61 bits per heavy atom. The lowest BCUT2D eigenvalue weighted by Crippen LogP contribution is -2.12. The largest absolute Gasteiger partial charge is 0.322 e. The predicted molar refractivity (Wildman–Crippen MR) is 117 cm³/mol. The molecule has 2 heterocycles. The topological polar surface area (TPSA) is 90.5 Å². The number of rotatable bonds is 5. The first-order valence-corrected chi connectivity index (χ1v) is 9.80. The van der Waals surface area contributed by atoms with Crippen molar-refractivity contribution < 1.29 is 4.79 Å². The molecule has 0 aliphatic carbocycles. The van der Waals surface area contributed by atoms with Crippen molar-refractivity contribution in [2.75, 3.05) is 5.32 Å². The highest BCUT2D eigenvalue weighted by molar-refractivity contribution is 6.04. The minimum absolute atomic E-state index is 0.173. The number of aryl methyl sites for hydroxylation is 1. The highest BCUT2D eigenvalue weighted by Crippen LogP contribution is 2.21. The molecule has 0 aliphatic rings. The van der Waals surface area contributed by atoms with Crippen LogP contribution in [-0.4, -0.2) is 35.7 Å². The number of hydrogen-bond acceptors (Lipinski definition) is 5. The van der Waals surface area contributed by atoms with Crippen LogP contribution in [0.15, 0.2) is 79.1 Å². The third-order valence-corrected chi connectivity index (χ3v) is 5.06. The second-order valence-electron chi connectivity index (χ2n) is 7.23. The third-order valence-electron chi connectivity index (χ3n) is 5.06. The van der Waals surface area contributed by atoms with Crippen LogP contribution in [0.3, 0.4) is 0 Å². The first kappa shape index (κ1) is 18.7.